The minimum atomic E-state index is -0.728. The molecule has 0 radical (unpaired) electrons. The Balaban J connectivity index is 1.33. The normalized spacial score (nSPS) is 25.2. The molecule has 2 fully saturated rings. The number of hydrogen-bond acceptors (Lipinski definition) is 5. The minimum absolute atomic E-state index is 0.00225. The van der Waals surface area contributed by atoms with Crippen molar-refractivity contribution in [2.24, 2.45) is 5.41 Å². The Labute approximate surface area is 220 Å². The summed E-state index contributed by atoms with van der Waals surface area (Å²) in [5.74, 6) is 0.0572. The van der Waals surface area contributed by atoms with Gasteiger partial charge in [0.15, 0.2) is 0 Å². The van der Waals surface area contributed by atoms with Crippen LogP contribution < -0.4 is 5.32 Å². The second kappa shape index (κ2) is 9.89. The molecule has 2 amide bonds. The van der Waals surface area contributed by atoms with Gasteiger partial charge in [0.25, 0.3) is 0 Å². The average molecular weight is 559 g/mol. The van der Waals surface area contributed by atoms with Crippen molar-refractivity contribution < 1.29 is 14.7 Å². The lowest BCUT2D eigenvalue weighted by Gasteiger charge is -2.35. The molecule has 3 aliphatic rings. The molecule has 36 heavy (non-hydrogen) atoms. The number of fused-ring (bicyclic) bond motifs is 1. The van der Waals surface area contributed by atoms with Crippen molar-refractivity contribution in [1.82, 2.24) is 25.2 Å². The fourth-order valence-electron chi connectivity index (χ4n) is 5.68. The third kappa shape index (κ3) is 5.37. The molecule has 1 aliphatic heterocycles. The van der Waals surface area contributed by atoms with Gasteiger partial charge in [-0.3, -0.25) is 9.59 Å². The summed E-state index contributed by atoms with van der Waals surface area (Å²) in [6.07, 6.45) is 7.25. The SMILES string of the molecule is CC(C)(C)[C@H](C(=O)N1CC(O)CC1C(=O)NC1CCCc2ccc(Br)cc2C1)n1cc(C2CC2)nn1. The number of amides is 2. The highest BCUT2D eigenvalue weighted by molar-refractivity contribution is 9.10. The van der Waals surface area contributed by atoms with Gasteiger partial charge < -0.3 is 15.3 Å². The fourth-order valence-corrected chi connectivity index (χ4v) is 6.09. The maximum absolute atomic E-state index is 13.9. The molecular weight excluding hydrogens is 522 g/mol. The van der Waals surface area contributed by atoms with E-state index in [1.807, 2.05) is 27.0 Å². The van der Waals surface area contributed by atoms with E-state index in [0.717, 1.165) is 48.7 Å². The Morgan fingerprint density at radius 1 is 1.19 bits per heavy atom. The number of aromatic nitrogens is 3. The van der Waals surface area contributed by atoms with Gasteiger partial charge in [-0.25, -0.2) is 4.68 Å². The molecule has 2 aliphatic carbocycles. The van der Waals surface area contributed by atoms with Crippen molar-refractivity contribution >= 4 is 27.7 Å². The highest BCUT2D eigenvalue weighted by Gasteiger charge is 2.45. The Morgan fingerprint density at radius 3 is 2.69 bits per heavy atom. The first-order valence-electron chi connectivity index (χ1n) is 13.1. The summed E-state index contributed by atoms with van der Waals surface area (Å²) in [4.78, 5) is 29.0. The van der Waals surface area contributed by atoms with Crippen LogP contribution in [0, 0.1) is 5.41 Å². The molecule has 4 atom stereocenters. The van der Waals surface area contributed by atoms with Gasteiger partial charge in [0, 0.05) is 35.6 Å². The zero-order valence-corrected chi connectivity index (χ0v) is 22.9. The summed E-state index contributed by atoms with van der Waals surface area (Å²) >= 11 is 3.56. The van der Waals surface area contributed by atoms with E-state index in [-0.39, 0.29) is 30.8 Å². The first-order chi connectivity index (χ1) is 17.1. The lowest BCUT2D eigenvalue weighted by atomic mass is 9.85. The standard InChI is InChI=1S/C27H36BrN5O3/c1-27(2,3)24(33-15-22(30-31-33)17-7-8-17)26(36)32-14-21(34)13-23(32)25(35)29-20-6-4-5-16-9-10-19(28)11-18(16)12-20/h9-11,15,17,20-21,23-24,34H,4-8,12-14H2,1-3H3,(H,29,35)/t20?,21?,23?,24-/m0/s1. The van der Waals surface area contributed by atoms with Crippen molar-refractivity contribution in [3.8, 4) is 0 Å². The Bertz CT molecular complexity index is 1140. The van der Waals surface area contributed by atoms with Crippen molar-refractivity contribution in [2.45, 2.75) is 95.9 Å². The number of rotatable bonds is 5. The van der Waals surface area contributed by atoms with Crippen LogP contribution in [0.1, 0.15) is 81.7 Å². The summed E-state index contributed by atoms with van der Waals surface area (Å²) in [7, 11) is 0. The second-order valence-electron chi connectivity index (χ2n) is 11.8. The number of likely N-dealkylation sites (tertiary alicyclic amines) is 1. The van der Waals surface area contributed by atoms with Crippen molar-refractivity contribution in [3.05, 3.63) is 45.7 Å². The molecular formula is C27H36BrN5O3. The van der Waals surface area contributed by atoms with E-state index in [1.54, 1.807) is 9.58 Å². The van der Waals surface area contributed by atoms with E-state index in [9.17, 15) is 14.7 Å². The molecule has 1 saturated carbocycles. The molecule has 0 spiro atoms. The number of carbonyl (C=O) groups excluding carboxylic acids is 2. The molecule has 8 nitrogen and oxygen atoms in total. The average Bonchev–Trinajstić information content (AvgIpc) is 3.46. The van der Waals surface area contributed by atoms with Gasteiger partial charge in [-0.05, 0) is 67.2 Å². The van der Waals surface area contributed by atoms with E-state index >= 15 is 0 Å². The van der Waals surface area contributed by atoms with Crippen molar-refractivity contribution in [1.29, 1.82) is 0 Å². The lowest BCUT2D eigenvalue weighted by Crippen LogP contribution is -2.52. The van der Waals surface area contributed by atoms with Gasteiger partial charge in [0.1, 0.15) is 12.1 Å². The highest BCUT2D eigenvalue weighted by atomic mass is 79.9. The maximum atomic E-state index is 13.9. The highest BCUT2D eigenvalue weighted by Crippen LogP contribution is 2.40. The quantitative estimate of drug-likeness (QED) is 0.547. The van der Waals surface area contributed by atoms with E-state index in [0.29, 0.717) is 5.92 Å². The molecule has 194 valence electrons. The summed E-state index contributed by atoms with van der Waals surface area (Å²) in [6, 6.07) is 5.04. The molecule has 1 aromatic heterocycles. The van der Waals surface area contributed by atoms with Crippen LogP contribution in [-0.4, -0.2) is 61.5 Å². The largest absolute Gasteiger partial charge is 0.391 e. The third-order valence-corrected chi connectivity index (χ3v) is 8.18. The minimum Gasteiger partial charge on any atom is -0.391 e. The van der Waals surface area contributed by atoms with E-state index < -0.39 is 23.6 Å². The summed E-state index contributed by atoms with van der Waals surface area (Å²) in [5.41, 5.74) is 3.05. The molecule has 2 aromatic rings. The number of halogens is 1. The first kappa shape index (κ1) is 25.4. The number of nitrogens with zero attached hydrogens (tertiary/aromatic N) is 4. The number of aliphatic hydroxyl groups is 1. The van der Waals surface area contributed by atoms with Crippen LogP contribution in [0.15, 0.2) is 28.9 Å². The van der Waals surface area contributed by atoms with Crippen LogP contribution in [0.3, 0.4) is 0 Å². The lowest BCUT2D eigenvalue weighted by molar-refractivity contribution is -0.144. The molecule has 1 aromatic carbocycles. The van der Waals surface area contributed by atoms with E-state index in [2.05, 4.69) is 49.8 Å². The number of aliphatic hydroxyl groups excluding tert-OH is 1. The molecule has 3 unspecified atom stereocenters. The van der Waals surface area contributed by atoms with E-state index in [4.69, 9.17) is 0 Å². The molecule has 0 bridgehead atoms. The van der Waals surface area contributed by atoms with Crippen LogP contribution in [0.25, 0.3) is 0 Å². The molecule has 9 heteroatoms. The zero-order chi connectivity index (χ0) is 25.6. The molecule has 2 N–H and O–H groups in total. The van der Waals surface area contributed by atoms with Crippen LogP contribution in [0.4, 0.5) is 0 Å². The summed E-state index contributed by atoms with van der Waals surface area (Å²) in [6.45, 7) is 6.14. The van der Waals surface area contributed by atoms with Gasteiger partial charge in [0.05, 0.1) is 11.8 Å². The molecule has 1 saturated heterocycles. The van der Waals surface area contributed by atoms with Crippen LogP contribution >= 0.6 is 15.9 Å². The Morgan fingerprint density at radius 2 is 1.97 bits per heavy atom. The van der Waals surface area contributed by atoms with Gasteiger partial charge in [-0.15, -0.1) is 5.10 Å². The topological polar surface area (TPSA) is 100 Å². The zero-order valence-electron chi connectivity index (χ0n) is 21.3. The maximum Gasteiger partial charge on any atom is 0.248 e. The number of nitrogens with one attached hydrogen (secondary N) is 1. The number of carbonyl (C=O) groups is 2. The second-order valence-corrected chi connectivity index (χ2v) is 12.7. The van der Waals surface area contributed by atoms with Gasteiger partial charge in [0.2, 0.25) is 11.8 Å². The van der Waals surface area contributed by atoms with Gasteiger partial charge in [-0.2, -0.15) is 0 Å². The predicted octanol–water partition coefficient (Wildman–Crippen LogP) is 3.53. The monoisotopic (exact) mass is 557 g/mol. The summed E-state index contributed by atoms with van der Waals surface area (Å²) < 4.78 is 2.70. The Kier molecular flexibility index (Phi) is 6.98. The van der Waals surface area contributed by atoms with Crippen molar-refractivity contribution in [3.63, 3.8) is 0 Å². The van der Waals surface area contributed by atoms with Gasteiger partial charge >= 0.3 is 0 Å². The van der Waals surface area contributed by atoms with Crippen LogP contribution in [-0.2, 0) is 22.4 Å². The summed E-state index contributed by atoms with van der Waals surface area (Å²) in [5, 5.41) is 22.3. The number of aryl methyl sites for hydroxylation is 1. The molecule has 5 rings (SSSR count). The smallest absolute Gasteiger partial charge is 0.248 e. The van der Waals surface area contributed by atoms with E-state index in [1.165, 1.54) is 11.1 Å². The van der Waals surface area contributed by atoms with Crippen LogP contribution in [0.2, 0.25) is 0 Å². The first-order valence-corrected chi connectivity index (χ1v) is 13.9. The number of benzene rings is 1. The number of hydrogen-bond donors (Lipinski definition) is 2. The third-order valence-electron chi connectivity index (χ3n) is 7.69. The number of β-amino-alcohol motifs (C(OH)–C–C–N with tert-alkyl or cyclic N) is 1. The predicted molar refractivity (Wildman–Crippen MR) is 139 cm³/mol. The molecule has 2 heterocycles. The van der Waals surface area contributed by atoms with Crippen molar-refractivity contribution in [2.75, 3.05) is 6.54 Å². The van der Waals surface area contributed by atoms with Crippen LogP contribution in [0.5, 0.6) is 0 Å². The fraction of sp³-hybridized carbons (Fsp3) is 0.630. The van der Waals surface area contributed by atoms with Gasteiger partial charge in [-0.1, -0.05) is 48.0 Å². The Hall–Kier alpha value is -2.26.